The predicted octanol–water partition coefficient (Wildman–Crippen LogP) is 4.50. The molecule has 2 aliphatic rings. The Morgan fingerprint density at radius 3 is 2.29 bits per heavy atom. The highest BCUT2D eigenvalue weighted by molar-refractivity contribution is 5.90. The van der Waals surface area contributed by atoms with Crippen LogP contribution in [0.5, 0.6) is 5.75 Å². The van der Waals surface area contributed by atoms with Crippen LogP contribution >= 0.6 is 0 Å². The predicted molar refractivity (Wildman–Crippen MR) is 84.6 cm³/mol. The lowest BCUT2D eigenvalue weighted by molar-refractivity contribution is -0.115. The van der Waals surface area contributed by atoms with Gasteiger partial charge in [0.05, 0.1) is 7.11 Å². The molecule has 1 atom stereocenters. The Hall–Kier alpha value is -1.57. The lowest BCUT2D eigenvalue weighted by atomic mass is 9.71. The number of benzene rings is 1. The van der Waals surface area contributed by atoms with Gasteiger partial charge in [0.25, 0.3) is 0 Å². The summed E-state index contributed by atoms with van der Waals surface area (Å²) < 4.78 is 5.23. The van der Waals surface area contributed by atoms with Gasteiger partial charge in [0.2, 0.25) is 0 Å². The minimum atomic E-state index is 0.304. The van der Waals surface area contributed by atoms with E-state index in [0.29, 0.717) is 17.6 Å². The molecular formula is C19H24O2. The van der Waals surface area contributed by atoms with Crippen LogP contribution in [0.15, 0.2) is 36.4 Å². The second-order valence-corrected chi connectivity index (χ2v) is 6.41. The minimum Gasteiger partial charge on any atom is -0.497 e. The molecule has 2 heteroatoms. The molecule has 0 spiro atoms. The zero-order valence-electron chi connectivity index (χ0n) is 12.8. The van der Waals surface area contributed by atoms with Crippen LogP contribution in [0, 0.1) is 11.8 Å². The van der Waals surface area contributed by atoms with Crippen molar-refractivity contribution in [2.45, 2.75) is 44.4 Å². The summed E-state index contributed by atoms with van der Waals surface area (Å²) in [6.07, 6.45) is 10.9. The molecule has 1 aromatic carbocycles. The maximum atomic E-state index is 11.3. The summed E-state index contributed by atoms with van der Waals surface area (Å²) in [5, 5.41) is 0. The lowest BCUT2D eigenvalue weighted by Gasteiger charge is -2.33. The van der Waals surface area contributed by atoms with Crippen LogP contribution < -0.4 is 4.74 Å². The van der Waals surface area contributed by atoms with Crippen molar-refractivity contribution in [1.82, 2.24) is 0 Å². The quantitative estimate of drug-likeness (QED) is 0.816. The van der Waals surface area contributed by atoms with Crippen LogP contribution in [-0.4, -0.2) is 12.9 Å². The molecule has 0 bridgehead atoms. The number of hydrogen-bond acceptors (Lipinski definition) is 2. The summed E-state index contributed by atoms with van der Waals surface area (Å²) in [5.41, 5.74) is 1.45. The zero-order chi connectivity index (χ0) is 14.7. The Morgan fingerprint density at radius 2 is 1.71 bits per heavy atom. The molecule has 1 aromatic rings. The molecule has 0 saturated heterocycles. The van der Waals surface area contributed by atoms with Gasteiger partial charge in [-0.2, -0.15) is 0 Å². The molecule has 2 nitrogen and oxygen atoms in total. The van der Waals surface area contributed by atoms with Crippen LogP contribution in [-0.2, 0) is 4.79 Å². The molecule has 2 aliphatic carbocycles. The van der Waals surface area contributed by atoms with Crippen molar-refractivity contribution in [1.29, 1.82) is 0 Å². The average molecular weight is 284 g/mol. The summed E-state index contributed by atoms with van der Waals surface area (Å²) in [6, 6.07) is 8.56. The second kappa shape index (κ2) is 6.46. The maximum Gasteiger partial charge on any atom is 0.155 e. The van der Waals surface area contributed by atoms with E-state index in [1.807, 2.05) is 6.08 Å². The SMILES string of the molecule is COc1ccc(C2CCC(C3C=CC(=O)CC3)CC2)cc1. The van der Waals surface area contributed by atoms with E-state index in [4.69, 9.17) is 4.74 Å². The molecule has 1 fully saturated rings. The molecule has 1 saturated carbocycles. The Balaban J connectivity index is 1.57. The smallest absolute Gasteiger partial charge is 0.155 e. The standard InChI is InChI=1S/C19H24O2/c1-21-19-12-8-17(9-13-19)15-4-2-14(3-5-15)16-6-10-18(20)11-7-16/h6,8-10,12-16H,2-5,7,11H2,1H3. The van der Waals surface area contributed by atoms with E-state index in [-0.39, 0.29) is 0 Å². The highest BCUT2D eigenvalue weighted by Gasteiger charge is 2.28. The summed E-state index contributed by atoms with van der Waals surface area (Å²) in [6.45, 7) is 0. The first-order valence-electron chi connectivity index (χ1n) is 8.11. The average Bonchev–Trinajstić information content (AvgIpc) is 2.56. The number of hydrogen-bond donors (Lipinski definition) is 0. The topological polar surface area (TPSA) is 26.3 Å². The van der Waals surface area contributed by atoms with E-state index >= 15 is 0 Å². The highest BCUT2D eigenvalue weighted by Crippen LogP contribution is 2.41. The molecule has 0 N–H and O–H groups in total. The van der Waals surface area contributed by atoms with Crippen LogP contribution in [0.4, 0.5) is 0 Å². The summed E-state index contributed by atoms with van der Waals surface area (Å²) >= 11 is 0. The van der Waals surface area contributed by atoms with E-state index in [2.05, 4.69) is 30.3 Å². The van der Waals surface area contributed by atoms with Gasteiger partial charge in [0.1, 0.15) is 5.75 Å². The van der Waals surface area contributed by atoms with Crippen LogP contribution in [0.25, 0.3) is 0 Å². The monoisotopic (exact) mass is 284 g/mol. The Morgan fingerprint density at radius 1 is 1.00 bits per heavy atom. The Bertz CT molecular complexity index is 507. The molecule has 0 radical (unpaired) electrons. The highest BCUT2D eigenvalue weighted by atomic mass is 16.5. The van der Waals surface area contributed by atoms with Gasteiger partial charge in [-0.15, -0.1) is 0 Å². The second-order valence-electron chi connectivity index (χ2n) is 6.41. The van der Waals surface area contributed by atoms with Crippen molar-refractivity contribution >= 4 is 5.78 Å². The molecule has 3 rings (SSSR count). The fourth-order valence-corrected chi connectivity index (χ4v) is 3.87. The van der Waals surface area contributed by atoms with Crippen LogP contribution in [0.1, 0.15) is 50.0 Å². The molecule has 0 aromatic heterocycles. The van der Waals surface area contributed by atoms with Gasteiger partial charge in [-0.05, 0) is 73.6 Å². The van der Waals surface area contributed by atoms with Crippen molar-refractivity contribution in [3.63, 3.8) is 0 Å². The largest absolute Gasteiger partial charge is 0.497 e. The van der Waals surface area contributed by atoms with Crippen molar-refractivity contribution in [3.05, 3.63) is 42.0 Å². The van der Waals surface area contributed by atoms with Crippen molar-refractivity contribution in [2.24, 2.45) is 11.8 Å². The van der Waals surface area contributed by atoms with Gasteiger partial charge in [-0.3, -0.25) is 4.79 Å². The molecule has 0 amide bonds. The summed E-state index contributed by atoms with van der Waals surface area (Å²) in [5.74, 6) is 3.35. The Kier molecular flexibility index (Phi) is 4.42. The zero-order valence-corrected chi connectivity index (χ0v) is 12.8. The van der Waals surface area contributed by atoms with Crippen LogP contribution in [0.3, 0.4) is 0 Å². The van der Waals surface area contributed by atoms with Gasteiger partial charge >= 0.3 is 0 Å². The molecule has 0 aliphatic heterocycles. The van der Waals surface area contributed by atoms with Crippen molar-refractivity contribution < 1.29 is 9.53 Å². The first-order chi connectivity index (χ1) is 10.3. The first-order valence-corrected chi connectivity index (χ1v) is 8.11. The maximum absolute atomic E-state index is 11.3. The third-order valence-electron chi connectivity index (χ3n) is 5.22. The molecule has 1 unspecified atom stereocenters. The summed E-state index contributed by atoms with van der Waals surface area (Å²) in [7, 11) is 1.71. The number of ketones is 1. The normalized spacial score (nSPS) is 29.4. The van der Waals surface area contributed by atoms with Crippen molar-refractivity contribution in [3.8, 4) is 5.75 Å². The van der Waals surface area contributed by atoms with E-state index in [1.165, 1.54) is 31.2 Å². The minimum absolute atomic E-state index is 0.304. The van der Waals surface area contributed by atoms with Gasteiger partial charge in [-0.1, -0.05) is 18.2 Å². The van der Waals surface area contributed by atoms with Gasteiger partial charge in [-0.25, -0.2) is 0 Å². The Labute approximate surface area is 127 Å². The lowest BCUT2D eigenvalue weighted by Crippen LogP contribution is -2.22. The number of carbonyl (C=O) groups excluding carboxylic acids is 1. The molecule has 0 heterocycles. The number of carbonyl (C=O) groups is 1. The number of rotatable bonds is 3. The van der Waals surface area contributed by atoms with E-state index < -0.39 is 0 Å². The molecule has 112 valence electrons. The molecular weight excluding hydrogens is 260 g/mol. The molecule has 21 heavy (non-hydrogen) atoms. The fourth-order valence-electron chi connectivity index (χ4n) is 3.87. The van der Waals surface area contributed by atoms with Gasteiger partial charge in [0.15, 0.2) is 5.78 Å². The van der Waals surface area contributed by atoms with Crippen molar-refractivity contribution in [2.75, 3.05) is 7.11 Å². The number of methoxy groups -OCH3 is 1. The van der Waals surface area contributed by atoms with E-state index in [9.17, 15) is 4.79 Å². The van der Waals surface area contributed by atoms with E-state index in [0.717, 1.165) is 24.5 Å². The fraction of sp³-hybridized carbons (Fsp3) is 0.526. The summed E-state index contributed by atoms with van der Waals surface area (Å²) in [4.78, 5) is 11.3. The number of ether oxygens (including phenoxy) is 1. The number of allylic oxidation sites excluding steroid dienone is 2. The van der Waals surface area contributed by atoms with Gasteiger partial charge in [0, 0.05) is 6.42 Å². The first kappa shape index (κ1) is 14.4. The van der Waals surface area contributed by atoms with Gasteiger partial charge < -0.3 is 4.74 Å². The van der Waals surface area contributed by atoms with E-state index in [1.54, 1.807) is 7.11 Å². The third-order valence-corrected chi connectivity index (χ3v) is 5.22. The van der Waals surface area contributed by atoms with Crippen LogP contribution in [0.2, 0.25) is 0 Å². The third kappa shape index (κ3) is 3.37.